The number of hydrogen-bond acceptors (Lipinski definition) is 5. The van der Waals surface area contributed by atoms with Crippen molar-refractivity contribution in [2.24, 2.45) is 0 Å². The van der Waals surface area contributed by atoms with Crippen LogP contribution < -0.4 is 0 Å². The van der Waals surface area contributed by atoms with Gasteiger partial charge in [0.15, 0.2) is 5.58 Å². The number of pyridine rings is 1. The molecule has 0 radical (unpaired) electrons. The normalized spacial score (nSPS) is 15.1. The average molecular weight is 354 g/mol. The third-order valence-electron chi connectivity index (χ3n) is 4.31. The number of nitrogens with zero attached hydrogens (tertiary/aromatic N) is 4. The van der Waals surface area contributed by atoms with Gasteiger partial charge in [0, 0.05) is 37.3 Å². The molecule has 7 nitrogen and oxygen atoms in total. The van der Waals surface area contributed by atoms with Crippen LogP contribution in [0.4, 0.5) is 9.18 Å². The van der Waals surface area contributed by atoms with Crippen molar-refractivity contribution in [1.29, 1.82) is 0 Å². The Morgan fingerprint density at radius 1 is 1.19 bits per heavy atom. The van der Waals surface area contributed by atoms with Gasteiger partial charge in [0.1, 0.15) is 11.5 Å². The standard InChI is InChI=1S/C18H15FN4O3/c19-13-3-4-16-14(8-13)15(21-26-16)11-23-17(24)5-7-22(18(23)25)10-12-2-1-6-20-9-12/h1-4,6,8-9H,5,7,10-11H2. The molecule has 0 saturated carbocycles. The molecule has 2 aromatic heterocycles. The maximum Gasteiger partial charge on any atom is 0.327 e. The van der Waals surface area contributed by atoms with Crippen molar-refractivity contribution in [3.8, 4) is 0 Å². The van der Waals surface area contributed by atoms with Crippen LogP contribution in [0.2, 0.25) is 0 Å². The lowest BCUT2D eigenvalue weighted by atomic mass is 10.1. The van der Waals surface area contributed by atoms with Gasteiger partial charge >= 0.3 is 6.03 Å². The summed E-state index contributed by atoms with van der Waals surface area (Å²) < 4.78 is 18.7. The number of aromatic nitrogens is 2. The molecule has 1 saturated heterocycles. The van der Waals surface area contributed by atoms with Gasteiger partial charge in [-0.3, -0.25) is 14.7 Å². The molecule has 4 rings (SSSR count). The highest BCUT2D eigenvalue weighted by Gasteiger charge is 2.33. The fourth-order valence-electron chi connectivity index (χ4n) is 2.98. The number of rotatable bonds is 4. The Balaban J connectivity index is 1.57. The van der Waals surface area contributed by atoms with E-state index >= 15 is 0 Å². The Kier molecular flexibility index (Phi) is 4.08. The van der Waals surface area contributed by atoms with Crippen molar-refractivity contribution in [2.75, 3.05) is 6.54 Å². The van der Waals surface area contributed by atoms with Crippen LogP contribution in [0.15, 0.2) is 47.2 Å². The zero-order valence-electron chi connectivity index (χ0n) is 13.8. The van der Waals surface area contributed by atoms with Gasteiger partial charge in [-0.15, -0.1) is 0 Å². The molecule has 0 unspecified atom stereocenters. The van der Waals surface area contributed by atoms with E-state index in [0.29, 0.717) is 29.8 Å². The topological polar surface area (TPSA) is 79.5 Å². The number of hydrogen-bond donors (Lipinski definition) is 0. The maximum absolute atomic E-state index is 13.5. The third-order valence-corrected chi connectivity index (χ3v) is 4.31. The summed E-state index contributed by atoms with van der Waals surface area (Å²) >= 11 is 0. The number of fused-ring (bicyclic) bond motifs is 1. The second kappa shape index (κ2) is 6.55. The van der Waals surface area contributed by atoms with Crippen LogP contribution >= 0.6 is 0 Å². The molecule has 0 bridgehead atoms. The molecule has 1 fully saturated rings. The lowest BCUT2D eigenvalue weighted by Gasteiger charge is -2.33. The highest BCUT2D eigenvalue weighted by molar-refractivity contribution is 5.97. The maximum atomic E-state index is 13.5. The number of carbonyl (C=O) groups excluding carboxylic acids is 2. The Labute approximate surface area is 148 Å². The molecule has 0 spiro atoms. The summed E-state index contributed by atoms with van der Waals surface area (Å²) in [4.78, 5) is 31.8. The van der Waals surface area contributed by atoms with E-state index in [4.69, 9.17) is 4.52 Å². The van der Waals surface area contributed by atoms with E-state index in [-0.39, 0.29) is 18.9 Å². The summed E-state index contributed by atoms with van der Waals surface area (Å²) in [5.41, 5.74) is 1.64. The molecule has 8 heteroatoms. The van der Waals surface area contributed by atoms with E-state index < -0.39 is 11.8 Å². The molecule has 0 N–H and O–H groups in total. The van der Waals surface area contributed by atoms with Gasteiger partial charge in [-0.2, -0.15) is 0 Å². The zero-order valence-corrected chi connectivity index (χ0v) is 13.8. The summed E-state index contributed by atoms with van der Waals surface area (Å²) in [5.74, 6) is -0.721. The number of halogens is 1. The van der Waals surface area contributed by atoms with Crippen molar-refractivity contribution in [3.63, 3.8) is 0 Å². The lowest BCUT2D eigenvalue weighted by Crippen LogP contribution is -2.51. The molecule has 1 aliphatic rings. The molecule has 1 aromatic carbocycles. The first kappa shape index (κ1) is 16.2. The van der Waals surface area contributed by atoms with Gasteiger partial charge in [0.25, 0.3) is 0 Å². The number of urea groups is 1. The summed E-state index contributed by atoms with van der Waals surface area (Å²) in [7, 11) is 0. The summed E-state index contributed by atoms with van der Waals surface area (Å²) in [6, 6.07) is 7.28. The van der Waals surface area contributed by atoms with Crippen LogP contribution in [0.25, 0.3) is 11.0 Å². The number of amides is 3. The molecule has 0 atom stereocenters. The summed E-state index contributed by atoms with van der Waals surface area (Å²) in [5, 5.41) is 4.35. The number of carbonyl (C=O) groups is 2. The minimum Gasteiger partial charge on any atom is -0.356 e. The number of imide groups is 1. The highest BCUT2D eigenvalue weighted by Crippen LogP contribution is 2.23. The van der Waals surface area contributed by atoms with Crippen LogP contribution in [0.5, 0.6) is 0 Å². The quantitative estimate of drug-likeness (QED) is 0.720. The van der Waals surface area contributed by atoms with E-state index in [9.17, 15) is 14.0 Å². The second-order valence-electron chi connectivity index (χ2n) is 6.07. The Hall–Kier alpha value is -3.29. The predicted molar refractivity (Wildman–Crippen MR) is 89.2 cm³/mol. The third kappa shape index (κ3) is 3.01. The molecular weight excluding hydrogens is 339 g/mol. The van der Waals surface area contributed by atoms with Crippen LogP contribution in [0.1, 0.15) is 17.7 Å². The van der Waals surface area contributed by atoms with Gasteiger partial charge in [-0.25, -0.2) is 9.18 Å². The van der Waals surface area contributed by atoms with Crippen molar-refractivity contribution < 1.29 is 18.5 Å². The molecule has 3 amide bonds. The van der Waals surface area contributed by atoms with Crippen LogP contribution in [0, 0.1) is 5.82 Å². The van der Waals surface area contributed by atoms with E-state index in [1.807, 2.05) is 6.07 Å². The fourth-order valence-corrected chi connectivity index (χ4v) is 2.98. The second-order valence-corrected chi connectivity index (χ2v) is 6.07. The van der Waals surface area contributed by atoms with Crippen molar-refractivity contribution >= 4 is 22.9 Å². The smallest absolute Gasteiger partial charge is 0.327 e. The van der Waals surface area contributed by atoms with E-state index in [1.54, 1.807) is 23.4 Å². The first-order chi connectivity index (χ1) is 12.6. The average Bonchev–Trinajstić information content (AvgIpc) is 3.04. The van der Waals surface area contributed by atoms with Crippen LogP contribution in [-0.2, 0) is 17.9 Å². The van der Waals surface area contributed by atoms with Crippen molar-refractivity contribution in [3.05, 3.63) is 59.8 Å². The molecule has 3 heterocycles. The predicted octanol–water partition coefficient (Wildman–Crippen LogP) is 2.72. The minimum absolute atomic E-state index is 0.0579. The van der Waals surface area contributed by atoms with Gasteiger partial charge in [0.05, 0.1) is 6.54 Å². The molecule has 132 valence electrons. The first-order valence-electron chi connectivity index (χ1n) is 8.14. The molecule has 26 heavy (non-hydrogen) atoms. The van der Waals surface area contributed by atoms with Gasteiger partial charge < -0.3 is 9.42 Å². The highest BCUT2D eigenvalue weighted by atomic mass is 19.1. The zero-order chi connectivity index (χ0) is 18.1. The van der Waals surface area contributed by atoms with Crippen molar-refractivity contribution in [1.82, 2.24) is 19.9 Å². The first-order valence-corrected chi connectivity index (χ1v) is 8.14. The van der Waals surface area contributed by atoms with Crippen LogP contribution in [0.3, 0.4) is 0 Å². The monoisotopic (exact) mass is 354 g/mol. The molecule has 3 aromatic rings. The van der Waals surface area contributed by atoms with Crippen LogP contribution in [-0.4, -0.2) is 38.4 Å². The molecular formula is C18H15FN4O3. The van der Waals surface area contributed by atoms with Gasteiger partial charge in [-0.1, -0.05) is 11.2 Å². The van der Waals surface area contributed by atoms with Gasteiger partial charge in [0.2, 0.25) is 5.91 Å². The number of benzene rings is 1. The molecule has 0 aliphatic carbocycles. The van der Waals surface area contributed by atoms with E-state index in [0.717, 1.165) is 10.5 Å². The van der Waals surface area contributed by atoms with Crippen molar-refractivity contribution in [2.45, 2.75) is 19.5 Å². The summed E-state index contributed by atoms with van der Waals surface area (Å²) in [6.45, 7) is 0.652. The van der Waals surface area contributed by atoms with E-state index in [1.165, 1.54) is 18.2 Å². The SMILES string of the molecule is O=C1CCN(Cc2cccnc2)C(=O)N1Cc1noc2ccc(F)cc12. The minimum atomic E-state index is -0.434. The Morgan fingerprint density at radius 2 is 2.08 bits per heavy atom. The van der Waals surface area contributed by atoms with E-state index in [2.05, 4.69) is 10.1 Å². The Morgan fingerprint density at radius 3 is 2.88 bits per heavy atom. The summed E-state index contributed by atoms with van der Waals surface area (Å²) in [6.07, 6.45) is 3.56. The lowest BCUT2D eigenvalue weighted by molar-refractivity contribution is -0.131. The molecule has 1 aliphatic heterocycles. The Bertz CT molecular complexity index is 973. The fraction of sp³-hybridized carbons (Fsp3) is 0.222. The largest absolute Gasteiger partial charge is 0.356 e. The van der Waals surface area contributed by atoms with Gasteiger partial charge in [-0.05, 0) is 29.8 Å².